The minimum Gasteiger partial charge on any atom is -0.497 e. The fourth-order valence-electron chi connectivity index (χ4n) is 3.30. The first-order chi connectivity index (χ1) is 15.0. The van der Waals surface area contributed by atoms with Crippen LogP contribution in [-0.4, -0.2) is 32.1 Å². The molecule has 0 radical (unpaired) electrons. The van der Waals surface area contributed by atoms with Crippen molar-refractivity contribution in [3.63, 3.8) is 0 Å². The molecule has 1 atom stereocenters. The van der Waals surface area contributed by atoms with E-state index in [-0.39, 0.29) is 11.8 Å². The second-order valence-corrected chi connectivity index (χ2v) is 7.04. The number of ether oxygens (including phenoxy) is 2. The van der Waals surface area contributed by atoms with Crippen LogP contribution in [0.1, 0.15) is 24.0 Å². The predicted molar refractivity (Wildman–Crippen MR) is 121 cm³/mol. The highest BCUT2D eigenvalue weighted by molar-refractivity contribution is 5.99. The highest BCUT2D eigenvalue weighted by Gasteiger charge is 2.26. The third-order valence-corrected chi connectivity index (χ3v) is 4.94. The van der Waals surface area contributed by atoms with Crippen molar-refractivity contribution >= 4 is 17.5 Å². The number of methoxy groups -OCH3 is 2. The molecule has 6 heteroatoms. The Morgan fingerprint density at radius 1 is 0.774 bits per heavy atom. The zero-order valence-corrected chi connectivity index (χ0v) is 17.8. The summed E-state index contributed by atoms with van der Waals surface area (Å²) in [6, 6.07) is 23.4. The molecule has 0 heterocycles. The standard InChI is InChI=1S/C25H26N2O4/c1-17(24(28)27-21-16-20(30-2)14-15-22(21)31-3)26-25(29)23(18-10-6-4-7-11-18)19-12-8-5-9-13-19/h4-17,23H,1-3H3,(H,26,29)(H,27,28)/t17-/m0/s1. The molecule has 31 heavy (non-hydrogen) atoms. The van der Waals surface area contributed by atoms with Gasteiger partial charge in [-0.1, -0.05) is 60.7 Å². The smallest absolute Gasteiger partial charge is 0.246 e. The SMILES string of the molecule is COc1ccc(OC)c(NC(=O)[C@H](C)NC(=O)C(c2ccccc2)c2ccccc2)c1. The largest absolute Gasteiger partial charge is 0.497 e. The summed E-state index contributed by atoms with van der Waals surface area (Å²) in [6.07, 6.45) is 0. The second kappa shape index (κ2) is 10.3. The molecular formula is C25H26N2O4. The van der Waals surface area contributed by atoms with Gasteiger partial charge in [-0.2, -0.15) is 0 Å². The molecule has 0 saturated carbocycles. The number of nitrogens with one attached hydrogen (secondary N) is 2. The number of carbonyl (C=O) groups is 2. The van der Waals surface area contributed by atoms with Gasteiger partial charge in [0, 0.05) is 6.07 Å². The van der Waals surface area contributed by atoms with Gasteiger partial charge in [0.15, 0.2) is 0 Å². The summed E-state index contributed by atoms with van der Waals surface area (Å²) in [4.78, 5) is 26.0. The molecule has 0 aromatic heterocycles. The number of rotatable bonds is 8. The molecule has 6 nitrogen and oxygen atoms in total. The van der Waals surface area contributed by atoms with Gasteiger partial charge < -0.3 is 20.1 Å². The van der Waals surface area contributed by atoms with Crippen molar-refractivity contribution in [1.29, 1.82) is 0 Å². The van der Waals surface area contributed by atoms with Gasteiger partial charge in [0.1, 0.15) is 17.5 Å². The van der Waals surface area contributed by atoms with E-state index in [4.69, 9.17) is 9.47 Å². The Hall–Kier alpha value is -3.80. The van der Waals surface area contributed by atoms with Crippen molar-refractivity contribution in [3.05, 3.63) is 90.0 Å². The van der Waals surface area contributed by atoms with Crippen LogP contribution in [0.15, 0.2) is 78.9 Å². The maximum absolute atomic E-state index is 13.2. The minimum absolute atomic E-state index is 0.252. The van der Waals surface area contributed by atoms with Gasteiger partial charge in [-0.3, -0.25) is 9.59 Å². The van der Waals surface area contributed by atoms with Crippen LogP contribution in [0.25, 0.3) is 0 Å². The number of carbonyl (C=O) groups excluding carboxylic acids is 2. The molecule has 0 aliphatic carbocycles. The van der Waals surface area contributed by atoms with Gasteiger partial charge in [-0.15, -0.1) is 0 Å². The molecule has 0 fully saturated rings. The summed E-state index contributed by atoms with van der Waals surface area (Å²) in [5, 5.41) is 5.64. The van der Waals surface area contributed by atoms with E-state index in [0.29, 0.717) is 17.2 Å². The lowest BCUT2D eigenvalue weighted by atomic mass is 9.90. The third-order valence-electron chi connectivity index (χ3n) is 4.94. The van der Waals surface area contributed by atoms with Crippen molar-refractivity contribution < 1.29 is 19.1 Å². The summed E-state index contributed by atoms with van der Waals surface area (Å²) < 4.78 is 10.5. The van der Waals surface area contributed by atoms with Gasteiger partial charge in [0.25, 0.3) is 0 Å². The summed E-state index contributed by atoms with van der Waals surface area (Å²) in [5.74, 6) is -0.0541. The average molecular weight is 418 g/mol. The first kappa shape index (κ1) is 21.9. The maximum Gasteiger partial charge on any atom is 0.246 e. The van der Waals surface area contributed by atoms with E-state index in [0.717, 1.165) is 11.1 Å². The number of anilines is 1. The predicted octanol–water partition coefficient (Wildman–Crippen LogP) is 3.98. The molecule has 2 amide bonds. The molecule has 0 aliphatic rings. The Morgan fingerprint density at radius 3 is 1.87 bits per heavy atom. The maximum atomic E-state index is 13.2. The monoisotopic (exact) mass is 418 g/mol. The Morgan fingerprint density at radius 2 is 1.35 bits per heavy atom. The van der Waals surface area contributed by atoms with E-state index in [1.165, 1.54) is 7.11 Å². The molecule has 3 aromatic carbocycles. The van der Waals surface area contributed by atoms with E-state index in [2.05, 4.69) is 10.6 Å². The van der Waals surface area contributed by atoms with E-state index in [1.807, 2.05) is 60.7 Å². The van der Waals surface area contributed by atoms with Crippen LogP contribution in [-0.2, 0) is 9.59 Å². The summed E-state index contributed by atoms with van der Waals surface area (Å²) in [5.41, 5.74) is 2.18. The van der Waals surface area contributed by atoms with Crippen LogP contribution in [0.2, 0.25) is 0 Å². The minimum atomic E-state index is -0.765. The molecule has 0 bridgehead atoms. The molecule has 0 aliphatic heterocycles. The third kappa shape index (κ3) is 5.42. The fourth-order valence-corrected chi connectivity index (χ4v) is 3.30. The first-order valence-corrected chi connectivity index (χ1v) is 9.96. The number of amides is 2. The Bertz CT molecular complexity index is 983. The lowest BCUT2D eigenvalue weighted by Gasteiger charge is -2.21. The summed E-state index contributed by atoms with van der Waals surface area (Å²) >= 11 is 0. The highest BCUT2D eigenvalue weighted by atomic mass is 16.5. The van der Waals surface area contributed by atoms with Gasteiger partial charge in [0.05, 0.1) is 25.8 Å². The lowest BCUT2D eigenvalue weighted by molar-refractivity contribution is -0.126. The lowest BCUT2D eigenvalue weighted by Crippen LogP contribution is -2.43. The molecular weight excluding hydrogens is 392 g/mol. The van der Waals surface area contributed by atoms with Gasteiger partial charge in [0.2, 0.25) is 11.8 Å². The topological polar surface area (TPSA) is 76.7 Å². The van der Waals surface area contributed by atoms with Crippen molar-refractivity contribution in [2.45, 2.75) is 18.9 Å². The molecule has 0 saturated heterocycles. The molecule has 0 spiro atoms. The Kier molecular flexibility index (Phi) is 7.27. The van der Waals surface area contributed by atoms with Crippen molar-refractivity contribution in [2.75, 3.05) is 19.5 Å². The van der Waals surface area contributed by atoms with Gasteiger partial charge in [-0.05, 0) is 30.2 Å². The molecule has 2 N–H and O–H groups in total. The first-order valence-electron chi connectivity index (χ1n) is 9.96. The van der Waals surface area contributed by atoms with Crippen LogP contribution in [0.3, 0.4) is 0 Å². The molecule has 3 aromatic rings. The number of benzene rings is 3. The number of hydrogen-bond donors (Lipinski definition) is 2. The van der Waals surface area contributed by atoms with Crippen molar-refractivity contribution in [3.8, 4) is 11.5 Å². The zero-order chi connectivity index (χ0) is 22.2. The second-order valence-electron chi connectivity index (χ2n) is 7.04. The van der Waals surface area contributed by atoms with Crippen LogP contribution in [0.4, 0.5) is 5.69 Å². The van der Waals surface area contributed by atoms with Gasteiger partial charge in [-0.25, -0.2) is 0 Å². The summed E-state index contributed by atoms with van der Waals surface area (Å²) in [7, 11) is 3.07. The van der Waals surface area contributed by atoms with E-state index in [9.17, 15) is 9.59 Å². The molecule has 3 rings (SSSR count). The average Bonchev–Trinajstić information content (AvgIpc) is 2.80. The fraction of sp³-hybridized carbons (Fsp3) is 0.200. The quantitative estimate of drug-likeness (QED) is 0.580. The van der Waals surface area contributed by atoms with Crippen molar-refractivity contribution in [1.82, 2.24) is 5.32 Å². The van der Waals surface area contributed by atoms with Gasteiger partial charge >= 0.3 is 0 Å². The van der Waals surface area contributed by atoms with Crippen LogP contribution in [0, 0.1) is 0 Å². The highest BCUT2D eigenvalue weighted by Crippen LogP contribution is 2.29. The normalized spacial score (nSPS) is 11.5. The van der Waals surface area contributed by atoms with E-state index >= 15 is 0 Å². The number of hydrogen-bond acceptors (Lipinski definition) is 4. The van der Waals surface area contributed by atoms with Crippen LogP contribution >= 0.6 is 0 Å². The Balaban J connectivity index is 1.77. The zero-order valence-electron chi connectivity index (χ0n) is 17.8. The van der Waals surface area contributed by atoms with E-state index in [1.54, 1.807) is 32.2 Å². The van der Waals surface area contributed by atoms with Crippen LogP contribution in [0.5, 0.6) is 11.5 Å². The Labute approximate surface area is 182 Å². The van der Waals surface area contributed by atoms with Crippen molar-refractivity contribution in [2.24, 2.45) is 0 Å². The van der Waals surface area contributed by atoms with Crippen LogP contribution < -0.4 is 20.1 Å². The molecule has 160 valence electrons. The summed E-state index contributed by atoms with van der Waals surface area (Å²) in [6.45, 7) is 1.65. The van der Waals surface area contributed by atoms with E-state index < -0.39 is 12.0 Å². The molecule has 0 unspecified atom stereocenters.